The van der Waals surface area contributed by atoms with Gasteiger partial charge in [0.15, 0.2) is 0 Å². The predicted molar refractivity (Wildman–Crippen MR) is 96.6 cm³/mol. The quantitative estimate of drug-likeness (QED) is 0.535. The van der Waals surface area contributed by atoms with Crippen LogP contribution in [0.2, 0.25) is 0 Å². The average Bonchev–Trinajstić information content (AvgIpc) is 3.04. The lowest BCUT2D eigenvalue weighted by molar-refractivity contribution is 0.306. The van der Waals surface area contributed by atoms with Gasteiger partial charge in [-0.3, -0.25) is 4.98 Å². The fourth-order valence-corrected chi connectivity index (χ4v) is 2.87. The molecule has 0 radical (unpaired) electrons. The summed E-state index contributed by atoms with van der Waals surface area (Å²) in [7, 11) is 0. The summed E-state index contributed by atoms with van der Waals surface area (Å²) in [5.41, 5.74) is 4.62. The standard InChI is InChI=1S/C21H18N2O/c1-16-9-11-22-14-21(16)23-12-10-18-13-19(7-8-20(18)23)24-15-17-5-3-2-4-6-17/h2-14H,15H2,1H3. The van der Waals surface area contributed by atoms with E-state index >= 15 is 0 Å². The minimum absolute atomic E-state index is 0.578. The molecule has 0 aliphatic carbocycles. The molecule has 0 spiro atoms. The van der Waals surface area contributed by atoms with Crippen LogP contribution in [0.4, 0.5) is 0 Å². The van der Waals surface area contributed by atoms with Gasteiger partial charge in [0.1, 0.15) is 12.4 Å². The Labute approximate surface area is 141 Å². The summed E-state index contributed by atoms with van der Waals surface area (Å²) < 4.78 is 8.08. The van der Waals surface area contributed by atoms with Gasteiger partial charge in [-0.1, -0.05) is 30.3 Å². The van der Waals surface area contributed by atoms with Crippen molar-refractivity contribution in [1.82, 2.24) is 9.55 Å². The summed E-state index contributed by atoms with van der Waals surface area (Å²) in [6.45, 7) is 2.68. The second-order valence-electron chi connectivity index (χ2n) is 5.84. The molecule has 24 heavy (non-hydrogen) atoms. The first-order valence-electron chi connectivity index (χ1n) is 8.00. The summed E-state index contributed by atoms with van der Waals surface area (Å²) in [4.78, 5) is 4.24. The third-order valence-electron chi connectivity index (χ3n) is 4.18. The number of aryl methyl sites for hydroxylation is 1. The molecule has 3 nitrogen and oxygen atoms in total. The molecular formula is C21H18N2O. The molecule has 0 saturated heterocycles. The van der Waals surface area contributed by atoms with Crippen LogP contribution >= 0.6 is 0 Å². The molecule has 4 rings (SSSR count). The highest BCUT2D eigenvalue weighted by Crippen LogP contribution is 2.26. The number of aromatic nitrogens is 2. The van der Waals surface area contributed by atoms with Gasteiger partial charge < -0.3 is 9.30 Å². The third kappa shape index (κ3) is 2.76. The maximum atomic E-state index is 5.92. The van der Waals surface area contributed by atoms with E-state index in [9.17, 15) is 0 Å². The van der Waals surface area contributed by atoms with E-state index in [1.54, 1.807) is 0 Å². The molecule has 2 aromatic carbocycles. The van der Waals surface area contributed by atoms with Crippen LogP contribution in [0.15, 0.2) is 79.3 Å². The van der Waals surface area contributed by atoms with Gasteiger partial charge in [0, 0.05) is 17.8 Å². The smallest absolute Gasteiger partial charge is 0.120 e. The van der Waals surface area contributed by atoms with Crippen LogP contribution in [0, 0.1) is 6.92 Å². The minimum Gasteiger partial charge on any atom is -0.489 e. The van der Waals surface area contributed by atoms with Crippen molar-refractivity contribution in [2.45, 2.75) is 13.5 Å². The first-order valence-corrected chi connectivity index (χ1v) is 8.00. The zero-order valence-electron chi connectivity index (χ0n) is 13.5. The lowest BCUT2D eigenvalue weighted by Crippen LogP contribution is -1.97. The molecule has 0 atom stereocenters. The molecule has 0 bridgehead atoms. The van der Waals surface area contributed by atoms with Gasteiger partial charge in [-0.15, -0.1) is 0 Å². The Balaban J connectivity index is 1.62. The van der Waals surface area contributed by atoms with Crippen LogP contribution in [0.25, 0.3) is 16.6 Å². The molecule has 4 aromatic rings. The van der Waals surface area contributed by atoms with Gasteiger partial charge in [-0.25, -0.2) is 0 Å². The van der Waals surface area contributed by atoms with Crippen molar-refractivity contribution in [3.63, 3.8) is 0 Å². The first-order chi connectivity index (χ1) is 11.8. The number of hydrogen-bond donors (Lipinski definition) is 0. The molecule has 0 N–H and O–H groups in total. The van der Waals surface area contributed by atoms with Crippen LogP contribution in [-0.4, -0.2) is 9.55 Å². The number of nitrogens with zero attached hydrogens (tertiary/aromatic N) is 2. The molecule has 0 unspecified atom stereocenters. The Bertz CT molecular complexity index is 973. The molecule has 0 saturated carbocycles. The summed E-state index contributed by atoms with van der Waals surface area (Å²) >= 11 is 0. The van der Waals surface area contributed by atoms with E-state index in [1.807, 2.05) is 42.7 Å². The van der Waals surface area contributed by atoms with Crippen molar-refractivity contribution >= 4 is 10.9 Å². The number of pyridine rings is 1. The first kappa shape index (κ1) is 14.5. The van der Waals surface area contributed by atoms with Crippen molar-refractivity contribution < 1.29 is 4.74 Å². The van der Waals surface area contributed by atoms with Crippen molar-refractivity contribution in [2.75, 3.05) is 0 Å². The minimum atomic E-state index is 0.578. The van der Waals surface area contributed by atoms with Crippen LogP contribution in [-0.2, 0) is 6.61 Å². The van der Waals surface area contributed by atoms with Gasteiger partial charge in [-0.05, 0) is 48.4 Å². The molecule has 0 aliphatic heterocycles. The van der Waals surface area contributed by atoms with Gasteiger partial charge in [0.05, 0.1) is 17.4 Å². The van der Waals surface area contributed by atoms with Gasteiger partial charge in [-0.2, -0.15) is 0 Å². The Hall–Kier alpha value is -3.07. The van der Waals surface area contributed by atoms with Crippen LogP contribution in [0.1, 0.15) is 11.1 Å². The van der Waals surface area contributed by atoms with E-state index in [-0.39, 0.29) is 0 Å². The zero-order valence-corrected chi connectivity index (χ0v) is 13.5. The average molecular weight is 314 g/mol. The maximum Gasteiger partial charge on any atom is 0.120 e. The highest BCUT2D eigenvalue weighted by molar-refractivity contribution is 5.83. The molecule has 2 heterocycles. The van der Waals surface area contributed by atoms with Gasteiger partial charge >= 0.3 is 0 Å². The Morgan fingerprint density at radius 1 is 1.00 bits per heavy atom. The normalized spacial score (nSPS) is 10.9. The molecule has 3 heteroatoms. The van der Waals surface area contributed by atoms with Crippen molar-refractivity contribution in [1.29, 1.82) is 0 Å². The number of benzene rings is 2. The largest absolute Gasteiger partial charge is 0.489 e. The summed E-state index contributed by atoms with van der Waals surface area (Å²) in [6.07, 6.45) is 5.80. The van der Waals surface area contributed by atoms with E-state index in [4.69, 9.17) is 4.74 Å². The molecule has 0 aliphatic rings. The van der Waals surface area contributed by atoms with E-state index in [2.05, 4.69) is 53.0 Å². The third-order valence-corrected chi connectivity index (χ3v) is 4.18. The van der Waals surface area contributed by atoms with Gasteiger partial charge in [0.2, 0.25) is 0 Å². The maximum absolute atomic E-state index is 5.92. The Kier molecular flexibility index (Phi) is 3.75. The fraction of sp³-hybridized carbons (Fsp3) is 0.0952. The lowest BCUT2D eigenvalue weighted by atomic mass is 10.2. The summed E-state index contributed by atoms with van der Waals surface area (Å²) in [6, 6.07) is 20.5. The predicted octanol–water partition coefficient (Wildman–Crippen LogP) is 4.91. The van der Waals surface area contributed by atoms with E-state index in [1.165, 1.54) is 11.1 Å². The number of fused-ring (bicyclic) bond motifs is 1. The summed E-state index contributed by atoms with van der Waals surface area (Å²) in [5, 5.41) is 1.16. The number of hydrogen-bond acceptors (Lipinski definition) is 2. The van der Waals surface area contributed by atoms with Gasteiger partial charge in [0.25, 0.3) is 0 Å². The second kappa shape index (κ2) is 6.20. The van der Waals surface area contributed by atoms with Crippen molar-refractivity contribution in [2.24, 2.45) is 0 Å². The number of rotatable bonds is 4. The van der Waals surface area contributed by atoms with E-state index < -0.39 is 0 Å². The Morgan fingerprint density at radius 3 is 2.71 bits per heavy atom. The van der Waals surface area contributed by atoms with Crippen LogP contribution in [0.5, 0.6) is 5.75 Å². The highest BCUT2D eigenvalue weighted by atomic mass is 16.5. The number of ether oxygens (including phenoxy) is 1. The highest BCUT2D eigenvalue weighted by Gasteiger charge is 2.07. The molecule has 118 valence electrons. The Morgan fingerprint density at radius 2 is 1.88 bits per heavy atom. The van der Waals surface area contributed by atoms with Crippen molar-refractivity contribution in [3.8, 4) is 11.4 Å². The van der Waals surface area contributed by atoms with Crippen LogP contribution in [0.3, 0.4) is 0 Å². The topological polar surface area (TPSA) is 27.1 Å². The fourth-order valence-electron chi connectivity index (χ4n) is 2.87. The van der Waals surface area contributed by atoms with E-state index in [0.717, 1.165) is 22.3 Å². The van der Waals surface area contributed by atoms with E-state index in [0.29, 0.717) is 6.61 Å². The molecule has 0 amide bonds. The zero-order chi connectivity index (χ0) is 16.4. The molecule has 2 aromatic heterocycles. The monoisotopic (exact) mass is 314 g/mol. The van der Waals surface area contributed by atoms with Crippen molar-refractivity contribution in [3.05, 3.63) is 90.4 Å². The second-order valence-corrected chi connectivity index (χ2v) is 5.84. The molecule has 0 fully saturated rings. The summed E-state index contributed by atoms with van der Waals surface area (Å²) in [5.74, 6) is 0.881. The SMILES string of the molecule is Cc1ccncc1-n1ccc2cc(OCc3ccccc3)ccc21. The van der Waals surface area contributed by atoms with Crippen LogP contribution < -0.4 is 4.74 Å². The molecular weight excluding hydrogens is 296 g/mol. The lowest BCUT2D eigenvalue weighted by Gasteiger charge is -2.09.